The minimum atomic E-state index is -1.00. The molecule has 1 aliphatic rings. The standard InChI is InChI=1S/C17H23NO4/c1-10(2)15(12-7-5-4-6-11(12)3)18-16(19)13-8-9-14(22-13)17(20)21/h4-7,10,13-15H,8-9H2,1-3H3,(H,18,19)(H,20,21)/t13-,14+,15?/m0/s1. The van der Waals surface area contributed by atoms with Gasteiger partial charge in [-0.25, -0.2) is 4.79 Å². The Labute approximate surface area is 130 Å². The Hall–Kier alpha value is -1.88. The predicted molar refractivity (Wildman–Crippen MR) is 82.4 cm³/mol. The zero-order valence-corrected chi connectivity index (χ0v) is 13.2. The summed E-state index contributed by atoms with van der Waals surface area (Å²) in [5.74, 6) is -1.01. The molecule has 1 heterocycles. The summed E-state index contributed by atoms with van der Waals surface area (Å²) in [7, 11) is 0. The van der Waals surface area contributed by atoms with Crippen molar-refractivity contribution in [2.24, 2.45) is 5.92 Å². The molecule has 1 saturated heterocycles. The highest BCUT2D eigenvalue weighted by molar-refractivity contribution is 5.83. The smallest absolute Gasteiger partial charge is 0.332 e. The number of carboxylic acids is 1. The number of aliphatic carboxylic acids is 1. The number of carbonyl (C=O) groups excluding carboxylic acids is 1. The van der Waals surface area contributed by atoms with E-state index in [1.165, 1.54) is 0 Å². The molecule has 2 rings (SSSR count). The number of hydrogen-bond acceptors (Lipinski definition) is 3. The number of amides is 1. The summed E-state index contributed by atoms with van der Waals surface area (Å²) in [6.07, 6.45) is -0.719. The van der Waals surface area contributed by atoms with E-state index in [0.29, 0.717) is 12.8 Å². The minimum Gasteiger partial charge on any atom is -0.479 e. The fourth-order valence-electron chi connectivity index (χ4n) is 2.80. The Morgan fingerprint density at radius 1 is 1.23 bits per heavy atom. The van der Waals surface area contributed by atoms with E-state index in [2.05, 4.69) is 5.32 Å². The Bertz CT molecular complexity index is 555. The van der Waals surface area contributed by atoms with Gasteiger partial charge in [-0.05, 0) is 36.8 Å². The number of carboxylic acid groups (broad SMARTS) is 1. The molecular formula is C17H23NO4. The topological polar surface area (TPSA) is 75.6 Å². The first-order valence-electron chi connectivity index (χ1n) is 7.64. The van der Waals surface area contributed by atoms with Crippen LogP contribution < -0.4 is 5.32 Å². The van der Waals surface area contributed by atoms with Crippen molar-refractivity contribution in [1.82, 2.24) is 5.32 Å². The van der Waals surface area contributed by atoms with Crippen LogP contribution in [0, 0.1) is 12.8 Å². The normalized spacial score (nSPS) is 22.5. The van der Waals surface area contributed by atoms with E-state index < -0.39 is 18.2 Å². The van der Waals surface area contributed by atoms with Gasteiger partial charge in [0.25, 0.3) is 0 Å². The third kappa shape index (κ3) is 3.65. The molecule has 120 valence electrons. The molecule has 0 saturated carbocycles. The molecule has 1 amide bonds. The zero-order valence-electron chi connectivity index (χ0n) is 13.2. The van der Waals surface area contributed by atoms with Gasteiger partial charge in [-0.2, -0.15) is 0 Å². The van der Waals surface area contributed by atoms with Crippen molar-refractivity contribution in [1.29, 1.82) is 0 Å². The van der Waals surface area contributed by atoms with Crippen molar-refractivity contribution in [3.05, 3.63) is 35.4 Å². The number of aryl methyl sites for hydroxylation is 1. The maximum atomic E-state index is 12.4. The van der Waals surface area contributed by atoms with E-state index in [1.807, 2.05) is 45.0 Å². The summed E-state index contributed by atoms with van der Waals surface area (Å²) < 4.78 is 5.32. The van der Waals surface area contributed by atoms with Crippen LogP contribution in [0.2, 0.25) is 0 Å². The van der Waals surface area contributed by atoms with Crippen LogP contribution in [0.4, 0.5) is 0 Å². The Balaban J connectivity index is 2.08. The number of nitrogens with one attached hydrogen (secondary N) is 1. The van der Waals surface area contributed by atoms with Crippen molar-refractivity contribution >= 4 is 11.9 Å². The van der Waals surface area contributed by atoms with Gasteiger partial charge in [0, 0.05) is 0 Å². The first-order chi connectivity index (χ1) is 10.4. The minimum absolute atomic E-state index is 0.110. The lowest BCUT2D eigenvalue weighted by molar-refractivity contribution is -0.152. The molecule has 5 heteroatoms. The number of benzene rings is 1. The van der Waals surface area contributed by atoms with Crippen molar-refractivity contribution in [3.8, 4) is 0 Å². The van der Waals surface area contributed by atoms with Crippen molar-refractivity contribution in [3.63, 3.8) is 0 Å². The van der Waals surface area contributed by atoms with E-state index in [1.54, 1.807) is 0 Å². The Morgan fingerprint density at radius 2 is 1.86 bits per heavy atom. The van der Waals surface area contributed by atoms with Crippen LogP contribution in [0.5, 0.6) is 0 Å². The molecule has 0 radical (unpaired) electrons. The molecule has 1 aromatic carbocycles. The summed E-state index contributed by atoms with van der Waals surface area (Å²) in [5, 5.41) is 12.0. The van der Waals surface area contributed by atoms with Gasteiger partial charge >= 0.3 is 5.97 Å². The molecule has 5 nitrogen and oxygen atoms in total. The molecule has 22 heavy (non-hydrogen) atoms. The van der Waals surface area contributed by atoms with Crippen LogP contribution in [-0.2, 0) is 14.3 Å². The molecule has 1 unspecified atom stereocenters. The summed E-state index contributed by atoms with van der Waals surface area (Å²) in [6, 6.07) is 7.84. The van der Waals surface area contributed by atoms with E-state index in [-0.39, 0.29) is 17.9 Å². The SMILES string of the molecule is Cc1ccccc1C(NC(=O)[C@@H]1CC[C@H](C(=O)O)O1)C(C)C. The van der Waals surface area contributed by atoms with E-state index >= 15 is 0 Å². The second kappa shape index (κ2) is 6.92. The summed E-state index contributed by atoms with van der Waals surface area (Å²) >= 11 is 0. The van der Waals surface area contributed by atoms with Crippen LogP contribution >= 0.6 is 0 Å². The molecule has 0 aromatic heterocycles. The molecule has 0 bridgehead atoms. The number of ether oxygens (including phenoxy) is 1. The van der Waals surface area contributed by atoms with Gasteiger partial charge in [-0.15, -0.1) is 0 Å². The van der Waals surface area contributed by atoms with Crippen molar-refractivity contribution in [2.75, 3.05) is 0 Å². The fraction of sp³-hybridized carbons (Fsp3) is 0.529. The first kappa shape index (κ1) is 16.5. The highest BCUT2D eigenvalue weighted by Crippen LogP contribution is 2.26. The summed E-state index contributed by atoms with van der Waals surface area (Å²) in [6.45, 7) is 6.11. The molecule has 3 atom stereocenters. The predicted octanol–water partition coefficient (Wildman–Crippen LogP) is 2.44. The van der Waals surface area contributed by atoms with Gasteiger partial charge in [0.05, 0.1) is 6.04 Å². The molecule has 1 aliphatic heterocycles. The quantitative estimate of drug-likeness (QED) is 0.876. The number of hydrogen-bond donors (Lipinski definition) is 2. The van der Waals surface area contributed by atoms with Crippen molar-refractivity contribution in [2.45, 2.75) is 51.9 Å². The number of carbonyl (C=O) groups is 2. The second-order valence-electron chi connectivity index (χ2n) is 6.12. The van der Waals surface area contributed by atoms with E-state index in [9.17, 15) is 9.59 Å². The lowest BCUT2D eigenvalue weighted by atomic mass is 9.92. The van der Waals surface area contributed by atoms with Crippen LogP contribution in [0.15, 0.2) is 24.3 Å². The maximum Gasteiger partial charge on any atom is 0.332 e. The lowest BCUT2D eigenvalue weighted by Crippen LogP contribution is -2.39. The Morgan fingerprint density at radius 3 is 2.41 bits per heavy atom. The zero-order chi connectivity index (χ0) is 16.3. The van der Waals surface area contributed by atoms with Crippen LogP contribution in [0.1, 0.15) is 43.9 Å². The summed E-state index contributed by atoms with van der Waals surface area (Å²) in [4.78, 5) is 23.3. The average molecular weight is 305 g/mol. The largest absolute Gasteiger partial charge is 0.479 e. The molecule has 1 aromatic rings. The van der Waals surface area contributed by atoms with E-state index in [4.69, 9.17) is 9.84 Å². The monoisotopic (exact) mass is 305 g/mol. The molecular weight excluding hydrogens is 282 g/mol. The van der Waals surface area contributed by atoms with E-state index in [0.717, 1.165) is 11.1 Å². The molecule has 2 N–H and O–H groups in total. The van der Waals surface area contributed by atoms with Crippen LogP contribution in [0.25, 0.3) is 0 Å². The molecule has 1 fully saturated rings. The number of rotatable bonds is 5. The Kier molecular flexibility index (Phi) is 5.19. The lowest BCUT2D eigenvalue weighted by Gasteiger charge is -2.26. The third-order valence-corrected chi connectivity index (χ3v) is 4.08. The average Bonchev–Trinajstić information content (AvgIpc) is 2.95. The van der Waals surface area contributed by atoms with Gasteiger partial charge in [-0.3, -0.25) is 4.79 Å². The highest BCUT2D eigenvalue weighted by atomic mass is 16.5. The molecule has 0 spiro atoms. The fourth-order valence-corrected chi connectivity index (χ4v) is 2.80. The van der Waals surface area contributed by atoms with Crippen LogP contribution in [0.3, 0.4) is 0 Å². The van der Waals surface area contributed by atoms with Gasteiger partial charge in [0.2, 0.25) is 5.91 Å². The molecule has 0 aliphatic carbocycles. The summed E-state index contributed by atoms with van der Waals surface area (Å²) in [5.41, 5.74) is 2.20. The van der Waals surface area contributed by atoms with Gasteiger partial charge < -0.3 is 15.2 Å². The third-order valence-electron chi connectivity index (χ3n) is 4.08. The van der Waals surface area contributed by atoms with Gasteiger partial charge in [-0.1, -0.05) is 38.1 Å². The second-order valence-corrected chi connectivity index (χ2v) is 6.12. The van der Waals surface area contributed by atoms with Gasteiger partial charge in [0.1, 0.15) is 6.10 Å². The van der Waals surface area contributed by atoms with Crippen LogP contribution in [-0.4, -0.2) is 29.2 Å². The first-order valence-corrected chi connectivity index (χ1v) is 7.64. The highest BCUT2D eigenvalue weighted by Gasteiger charge is 2.35. The maximum absolute atomic E-state index is 12.4. The van der Waals surface area contributed by atoms with Crippen molar-refractivity contribution < 1.29 is 19.4 Å². The van der Waals surface area contributed by atoms with Gasteiger partial charge in [0.15, 0.2) is 6.10 Å².